The number of carbonyl (C=O) groups excluding carboxylic acids is 2. The normalized spacial score (nSPS) is 16.4. The van der Waals surface area contributed by atoms with Crippen molar-refractivity contribution in [1.82, 2.24) is 5.32 Å². The molecule has 1 aliphatic heterocycles. The van der Waals surface area contributed by atoms with Crippen LogP contribution in [0.5, 0.6) is 0 Å². The van der Waals surface area contributed by atoms with Crippen LogP contribution in [-0.4, -0.2) is 24.4 Å². The van der Waals surface area contributed by atoms with Crippen LogP contribution in [0.1, 0.15) is 16.8 Å². The summed E-state index contributed by atoms with van der Waals surface area (Å²) in [6, 6.07) is 26.9. The zero-order valence-corrected chi connectivity index (χ0v) is 14.8. The van der Waals surface area contributed by atoms with Crippen LogP contribution in [0.25, 0.3) is 11.1 Å². The number of nitrogens with zero attached hydrogens (tertiary/aromatic N) is 1. The third-order valence-electron chi connectivity index (χ3n) is 4.78. The maximum absolute atomic E-state index is 12.6. The summed E-state index contributed by atoms with van der Waals surface area (Å²) in [5.41, 5.74) is 3.65. The van der Waals surface area contributed by atoms with E-state index >= 15 is 0 Å². The SMILES string of the molecule is O=C(N[C@H]1CC(=O)N(c2ccccc2)C1)c1ccc(-c2ccccc2)cc1. The van der Waals surface area contributed by atoms with E-state index in [1.165, 1.54) is 0 Å². The largest absolute Gasteiger partial charge is 0.347 e. The number of rotatable bonds is 4. The van der Waals surface area contributed by atoms with Crippen LogP contribution in [0.15, 0.2) is 84.9 Å². The number of anilines is 1. The first kappa shape index (κ1) is 17.0. The van der Waals surface area contributed by atoms with E-state index in [-0.39, 0.29) is 17.9 Å². The molecule has 0 aliphatic carbocycles. The highest BCUT2D eigenvalue weighted by Crippen LogP contribution is 2.22. The lowest BCUT2D eigenvalue weighted by Crippen LogP contribution is -2.37. The van der Waals surface area contributed by atoms with E-state index in [9.17, 15) is 9.59 Å². The van der Waals surface area contributed by atoms with Gasteiger partial charge in [-0.1, -0.05) is 60.7 Å². The topological polar surface area (TPSA) is 49.4 Å². The van der Waals surface area contributed by atoms with Gasteiger partial charge in [-0.2, -0.15) is 0 Å². The van der Waals surface area contributed by atoms with Crippen molar-refractivity contribution in [2.45, 2.75) is 12.5 Å². The fraction of sp³-hybridized carbons (Fsp3) is 0.130. The van der Waals surface area contributed by atoms with Crippen LogP contribution in [-0.2, 0) is 4.79 Å². The summed E-state index contributed by atoms with van der Waals surface area (Å²) >= 11 is 0. The monoisotopic (exact) mass is 356 g/mol. The average molecular weight is 356 g/mol. The Morgan fingerprint density at radius 1 is 0.815 bits per heavy atom. The Morgan fingerprint density at radius 2 is 1.41 bits per heavy atom. The Labute approximate surface area is 158 Å². The Kier molecular flexibility index (Phi) is 4.71. The van der Waals surface area contributed by atoms with Gasteiger partial charge in [0.2, 0.25) is 5.91 Å². The lowest BCUT2D eigenvalue weighted by atomic mass is 10.0. The Hall–Kier alpha value is -3.40. The highest BCUT2D eigenvalue weighted by Gasteiger charge is 2.31. The van der Waals surface area contributed by atoms with E-state index in [1.807, 2.05) is 84.9 Å². The van der Waals surface area contributed by atoms with Gasteiger partial charge < -0.3 is 10.2 Å². The highest BCUT2D eigenvalue weighted by atomic mass is 16.2. The van der Waals surface area contributed by atoms with Gasteiger partial charge in [0.1, 0.15) is 0 Å². The molecule has 27 heavy (non-hydrogen) atoms. The molecule has 0 aromatic heterocycles. The zero-order valence-electron chi connectivity index (χ0n) is 14.8. The van der Waals surface area contributed by atoms with Crippen molar-refractivity contribution in [3.05, 3.63) is 90.5 Å². The molecule has 2 amide bonds. The smallest absolute Gasteiger partial charge is 0.251 e. The molecular weight excluding hydrogens is 336 g/mol. The molecule has 134 valence electrons. The maximum atomic E-state index is 12.6. The molecule has 3 aromatic carbocycles. The fourth-order valence-corrected chi connectivity index (χ4v) is 3.38. The Bertz CT molecular complexity index is 937. The number of amides is 2. The molecule has 1 N–H and O–H groups in total. The van der Waals surface area contributed by atoms with Gasteiger partial charge in [-0.15, -0.1) is 0 Å². The zero-order chi connectivity index (χ0) is 18.6. The average Bonchev–Trinajstić information content (AvgIpc) is 3.09. The molecule has 0 unspecified atom stereocenters. The molecule has 0 saturated carbocycles. The van der Waals surface area contributed by atoms with Crippen LogP contribution in [0.2, 0.25) is 0 Å². The summed E-state index contributed by atoms with van der Waals surface area (Å²) in [5.74, 6) is -0.117. The van der Waals surface area contributed by atoms with E-state index in [2.05, 4.69) is 5.32 Å². The van der Waals surface area contributed by atoms with Crippen molar-refractivity contribution >= 4 is 17.5 Å². The molecule has 3 aromatic rings. The first-order valence-corrected chi connectivity index (χ1v) is 9.02. The lowest BCUT2D eigenvalue weighted by molar-refractivity contribution is -0.117. The predicted octanol–water partition coefficient (Wildman–Crippen LogP) is 3.89. The molecule has 1 atom stereocenters. The minimum atomic E-state index is -0.181. The summed E-state index contributed by atoms with van der Waals surface area (Å²) in [5, 5.41) is 2.98. The van der Waals surface area contributed by atoms with Crippen LogP contribution in [0, 0.1) is 0 Å². The van der Waals surface area contributed by atoms with Gasteiger partial charge in [0, 0.05) is 24.2 Å². The summed E-state index contributed by atoms with van der Waals surface area (Å²) in [6.07, 6.45) is 0.322. The molecule has 1 aliphatic rings. The maximum Gasteiger partial charge on any atom is 0.251 e. The van der Waals surface area contributed by atoms with Crippen molar-refractivity contribution < 1.29 is 9.59 Å². The van der Waals surface area contributed by atoms with E-state index < -0.39 is 0 Å². The van der Waals surface area contributed by atoms with Crippen molar-refractivity contribution in [2.24, 2.45) is 0 Å². The second-order valence-electron chi connectivity index (χ2n) is 6.66. The molecule has 4 heteroatoms. The van der Waals surface area contributed by atoms with Gasteiger partial charge in [0.25, 0.3) is 5.91 Å². The van der Waals surface area contributed by atoms with Gasteiger partial charge >= 0.3 is 0 Å². The summed E-state index contributed by atoms with van der Waals surface area (Å²) in [7, 11) is 0. The summed E-state index contributed by atoms with van der Waals surface area (Å²) in [6.45, 7) is 0.497. The third-order valence-corrected chi connectivity index (χ3v) is 4.78. The van der Waals surface area contributed by atoms with Crippen molar-refractivity contribution in [1.29, 1.82) is 0 Å². The second-order valence-corrected chi connectivity index (χ2v) is 6.66. The first-order chi connectivity index (χ1) is 13.2. The molecule has 1 saturated heterocycles. The summed E-state index contributed by atoms with van der Waals surface area (Å²) in [4.78, 5) is 26.6. The van der Waals surface area contributed by atoms with E-state index in [4.69, 9.17) is 0 Å². The summed E-state index contributed by atoms with van der Waals surface area (Å²) < 4.78 is 0. The lowest BCUT2D eigenvalue weighted by Gasteiger charge is -2.17. The molecule has 4 rings (SSSR count). The predicted molar refractivity (Wildman–Crippen MR) is 107 cm³/mol. The van der Waals surface area contributed by atoms with Gasteiger partial charge in [-0.3, -0.25) is 9.59 Å². The van der Waals surface area contributed by atoms with Gasteiger partial charge in [0.15, 0.2) is 0 Å². The number of carbonyl (C=O) groups is 2. The Morgan fingerprint density at radius 3 is 2.07 bits per heavy atom. The minimum Gasteiger partial charge on any atom is -0.347 e. The van der Waals surface area contributed by atoms with Crippen LogP contribution < -0.4 is 10.2 Å². The second kappa shape index (κ2) is 7.46. The number of benzene rings is 3. The van der Waals surface area contributed by atoms with Crippen LogP contribution in [0.4, 0.5) is 5.69 Å². The van der Waals surface area contributed by atoms with Gasteiger partial charge in [0.05, 0.1) is 6.04 Å². The van der Waals surface area contributed by atoms with Crippen LogP contribution in [0.3, 0.4) is 0 Å². The van der Waals surface area contributed by atoms with E-state index in [0.29, 0.717) is 18.5 Å². The molecular formula is C23H20N2O2. The number of hydrogen-bond donors (Lipinski definition) is 1. The number of hydrogen-bond acceptors (Lipinski definition) is 2. The number of para-hydroxylation sites is 1. The van der Waals surface area contributed by atoms with Crippen molar-refractivity contribution in [3.63, 3.8) is 0 Å². The number of nitrogens with one attached hydrogen (secondary N) is 1. The molecule has 0 bridgehead atoms. The highest BCUT2D eigenvalue weighted by molar-refractivity contribution is 5.99. The van der Waals surface area contributed by atoms with E-state index in [0.717, 1.165) is 16.8 Å². The molecule has 0 spiro atoms. The van der Waals surface area contributed by atoms with Gasteiger partial charge in [-0.25, -0.2) is 0 Å². The molecule has 0 radical (unpaired) electrons. The minimum absolute atomic E-state index is 0.0333. The quantitative estimate of drug-likeness (QED) is 0.771. The third kappa shape index (κ3) is 3.75. The molecule has 4 nitrogen and oxygen atoms in total. The standard InChI is InChI=1S/C23H20N2O2/c26-22-15-20(16-25(22)21-9-5-2-6-10-21)24-23(27)19-13-11-18(12-14-19)17-7-3-1-4-8-17/h1-14,20H,15-16H2,(H,24,27)/t20-/m0/s1. The first-order valence-electron chi connectivity index (χ1n) is 9.02. The van der Waals surface area contributed by atoms with E-state index in [1.54, 1.807) is 4.90 Å². The fourth-order valence-electron chi connectivity index (χ4n) is 3.38. The van der Waals surface area contributed by atoms with Gasteiger partial charge in [-0.05, 0) is 35.4 Å². The Balaban J connectivity index is 1.42. The molecule has 1 heterocycles. The van der Waals surface area contributed by atoms with Crippen molar-refractivity contribution in [2.75, 3.05) is 11.4 Å². The van der Waals surface area contributed by atoms with Crippen LogP contribution >= 0.6 is 0 Å². The molecule has 1 fully saturated rings. The van der Waals surface area contributed by atoms with Crippen molar-refractivity contribution in [3.8, 4) is 11.1 Å².